The molecule has 2 heterocycles. The van der Waals surface area contributed by atoms with Crippen LogP contribution in [0.15, 0.2) is 48.9 Å². The van der Waals surface area contributed by atoms with Gasteiger partial charge in [0.05, 0.1) is 23.0 Å². The van der Waals surface area contributed by atoms with Crippen molar-refractivity contribution in [3.8, 4) is 17.5 Å². The summed E-state index contributed by atoms with van der Waals surface area (Å²) in [6.07, 6.45) is -0.153. The fourth-order valence-electron chi connectivity index (χ4n) is 2.35. The largest absolute Gasteiger partial charge is 0.416 e. The number of aryl methyl sites for hydroxylation is 1. The first kappa shape index (κ1) is 17.4. The summed E-state index contributed by atoms with van der Waals surface area (Å²) in [7, 11) is 0. The molecule has 0 saturated carbocycles. The Morgan fingerprint density at radius 2 is 2.00 bits per heavy atom. The minimum absolute atomic E-state index is 0.133. The highest BCUT2D eigenvalue weighted by Crippen LogP contribution is 2.32. The van der Waals surface area contributed by atoms with Gasteiger partial charge in [0.1, 0.15) is 12.4 Å². The third kappa shape index (κ3) is 3.78. The van der Waals surface area contributed by atoms with Gasteiger partial charge in [0.15, 0.2) is 5.82 Å². The summed E-state index contributed by atoms with van der Waals surface area (Å²) >= 11 is 0. The quantitative estimate of drug-likeness (QED) is 0.661. The Morgan fingerprint density at radius 3 is 2.65 bits per heavy atom. The van der Waals surface area contributed by atoms with E-state index in [1.54, 1.807) is 37.4 Å². The molecule has 26 heavy (non-hydrogen) atoms. The number of halogens is 3. The standard InChI is InChI=1S/C18H12F3N5/c1-12-6-13(8-15(7-12)18(19,20)21)17-24-11-26(25-17)10-14(9-22)16-4-2-3-5-23-16/h2-8,10-11H,1H3/b14-10+. The molecule has 0 aliphatic heterocycles. The van der Waals surface area contributed by atoms with Crippen LogP contribution in [0.2, 0.25) is 0 Å². The van der Waals surface area contributed by atoms with Gasteiger partial charge in [-0.2, -0.15) is 18.4 Å². The Hall–Kier alpha value is -3.47. The molecule has 0 radical (unpaired) electrons. The topological polar surface area (TPSA) is 67.4 Å². The van der Waals surface area contributed by atoms with Crippen molar-refractivity contribution < 1.29 is 13.2 Å². The molecule has 0 unspecified atom stereocenters. The van der Waals surface area contributed by atoms with E-state index in [4.69, 9.17) is 0 Å². The Labute approximate surface area is 147 Å². The van der Waals surface area contributed by atoms with Gasteiger partial charge in [-0.25, -0.2) is 9.67 Å². The third-order valence-corrected chi connectivity index (χ3v) is 3.49. The summed E-state index contributed by atoms with van der Waals surface area (Å²) in [5.74, 6) is 0.133. The molecule has 3 aromatic rings. The number of alkyl halides is 3. The van der Waals surface area contributed by atoms with Crippen molar-refractivity contribution in [2.75, 3.05) is 0 Å². The van der Waals surface area contributed by atoms with E-state index < -0.39 is 11.7 Å². The second-order valence-corrected chi connectivity index (χ2v) is 5.50. The lowest BCUT2D eigenvalue weighted by molar-refractivity contribution is -0.137. The van der Waals surface area contributed by atoms with Crippen LogP contribution in [0.4, 0.5) is 13.2 Å². The summed E-state index contributed by atoms with van der Waals surface area (Å²) in [6.45, 7) is 1.57. The van der Waals surface area contributed by atoms with E-state index in [2.05, 4.69) is 15.1 Å². The summed E-state index contributed by atoms with van der Waals surface area (Å²) in [5, 5.41) is 13.4. The van der Waals surface area contributed by atoms with Crippen LogP contribution in [0.1, 0.15) is 16.8 Å². The SMILES string of the molecule is Cc1cc(-c2ncn(/C=C(\C#N)c3ccccn3)n2)cc(C(F)(F)F)c1. The molecule has 3 rings (SSSR count). The van der Waals surface area contributed by atoms with E-state index in [9.17, 15) is 18.4 Å². The molecule has 0 amide bonds. The van der Waals surface area contributed by atoms with Crippen molar-refractivity contribution in [3.05, 3.63) is 65.7 Å². The van der Waals surface area contributed by atoms with E-state index >= 15 is 0 Å². The van der Waals surface area contributed by atoms with Crippen LogP contribution in [0.3, 0.4) is 0 Å². The minimum Gasteiger partial charge on any atom is -0.255 e. The maximum absolute atomic E-state index is 13.0. The molecular formula is C18H12F3N5. The lowest BCUT2D eigenvalue weighted by Gasteiger charge is -2.09. The van der Waals surface area contributed by atoms with Gasteiger partial charge in [-0.05, 0) is 42.8 Å². The fraction of sp³-hybridized carbons (Fsp3) is 0.111. The van der Waals surface area contributed by atoms with Gasteiger partial charge >= 0.3 is 6.18 Å². The Balaban J connectivity index is 1.97. The maximum atomic E-state index is 13.0. The summed E-state index contributed by atoms with van der Waals surface area (Å²) in [6, 6.07) is 10.8. The zero-order chi connectivity index (χ0) is 18.7. The number of benzene rings is 1. The molecule has 130 valence electrons. The first-order valence-corrected chi connectivity index (χ1v) is 7.50. The molecule has 0 bridgehead atoms. The second kappa shape index (κ2) is 6.80. The average molecular weight is 355 g/mol. The first-order valence-electron chi connectivity index (χ1n) is 7.50. The fourth-order valence-corrected chi connectivity index (χ4v) is 2.35. The van der Waals surface area contributed by atoms with Crippen molar-refractivity contribution >= 4 is 11.8 Å². The van der Waals surface area contributed by atoms with Gasteiger partial charge in [0.2, 0.25) is 0 Å². The predicted molar refractivity (Wildman–Crippen MR) is 89.2 cm³/mol. The highest BCUT2D eigenvalue weighted by molar-refractivity contribution is 5.83. The number of allylic oxidation sites excluding steroid dienone is 1. The van der Waals surface area contributed by atoms with Crippen molar-refractivity contribution in [2.24, 2.45) is 0 Å². The van der Waals surface area contributed by atoms with Gasteiger partial charge in [-0.1, -0.05) is 6.07 Å². The van der Waals surface area contributed by atoms with Crippen LogP contribution in [0.5, 0.6) is 0 Å². The monoisotopic (exact) mass is 355 g/mol. The first-order chi connectivity index (χ1) is 12.4. The van der Waals surface area contributed by atoms with E-state index in [1.165, 1.54) is 17.2 Å². The number of hydrogen-bond donors (Lipinski definition) is 0. The van der Waals surface area contributed by atoms with Gasteiger partial charge in [-0.15, -0.1) is 5.10 Å². The molecule has 0 fully saturated rings. The van der Waals surface area contributed by atoms with Gasteiger partial charge < -0.3 is 0 Å². The number of aromatic nitrogens is 4. The molecule has 0 aliphatic carbocycles. The summed E-state index contributed by atoms with van der Waals surface area (Å²) in [5.41, 5.74) is 0.656. The smallest absolute Gasteiger partial charge is 0.255 e. The van der Waals surface area contributed by atoms with E-state index in [1.807, 2.05) is 6.07 Å². The Morgan fingerprint density at radius 1 is 1.19 bits per heavy atom. The van der Waals surface area contributed by atoms with Gasteiger partial charge in [0.25, 0.3) is 0 Å². The minimum atomic E-state index is -4.45. The van der Waals surface area contributed by atoms with Crippen molar-refractivity contribution in [1.29, 1.82) is 5.26 Å². The van der Waals surface area contributed by atoms with Crippen LogP contribution < -0.4 is 0 Å². The molecule has 5 nitrogen and oxygen atoms in total. The third-order valence-electron chi connectivity index (χ3n) is 3.49. The number of hydrogen-bond acceptors (Lipinski definition) is 4. The number of nitriles is 1. The molecular weight excluding hydrogens is 343 g/mol. The zero-order valence-corrected chi connectivity index (χ0v) is 13.6. The normalized spacial score (nSPS) is 12.0. The Bertz CT molecular complexity index is 998. The Kier molecular flexibility index (Phi) is 4.54. The maximum Gasteiger partial charge on any atom is 0.416 e. The number of rotatable bonds is 3. The molecule has 2 aromatic heterocycles. The molecule has 0 spiro atoms. The van der Waals surface area contributed by atoms with Gasteiger partial charge in [0, 0.05) is 11.8 Å². The van der Waals surface area contributed by atoms with E-state index in [0.717, 1.165) is 12.1 Å². The molecule has 8 heteroatoms. The highest BCUT2D eigenvalue weighted by atomic mass is 19.4. The van der Waals surface area contributed by atoms with E-state index in [-0.39, 0.29) is 17.0 Å². The van der Waals surface area contributed by atoms with Crippen LogP contribution >= 0.6 is 0 Å². The average Bonchev–Trinajstić information content (AvgIpc) is 3.08. The highest BCUT2D eigenvalue weighted by Gasteiger charge is 2.31. The van der Waals surface area contributed by atoms with E-state index in [0.29, 0.717) is 11.3 Å². The zero-order valence-electron chi connectivity index (χ0n) is 13.6. The molecule has 0 aliphatic rings. The van der Waals surface area contributed by atoms with Crippen LogP contribution in [0, 0.1) is 18.3 Å². The summed E-state index contributed by atoms with van der Waals surface area (Å²) < 4.78 is 40.2. The molecule has 0 saturated heterocycles. The predicted octanol–water partition coefficient (Wildman–Crippen LogP) is 4.19. The van der Waals surface area contributed by atoms with Gasteiger partial charge in [-0.3, -0.25) is 4.98 Å². The lowest BCUT2D eigenvalue weighted by Crippen LogP contribution is -2.05. The number of pyridine rings is 1. The molecule has 1 aromatic carbocycles. The van der Waals surface area contributed by atoms with Crippen LogP contribution in [-0.4, -0.2) is 19.7 Å². The van der Waals surface area contributed by atoms with Crippen LogP contribution in [0.25, 0.3) is 23.2 Å². The van der Waals surface area contributed by atoms with Crippen molar-refractivity contribution in [3.63, 3.8) is 0 Å². The molecule has 0 N–H and O–H groups in total. The summed E-state index contributed by atoms with van der Waals surface area (Å²) in [4.78, 5) is 8.13. The van der Waals surface area contributed by atoms with Crippen molar-refractivity contribution in [2.45, 2.75) is 13.1 Å². The molecule has 0 atom stereocenters. The lowest BCUT2D eigenvalue weighted by atomic mass is 10.1. The second-order valence-electron chi connectivity index (χ2n) is 5.50. The van der Waals surface area contributed by atoms with Crippen LogP contribution in [-0.2, 0) is 6.18 Å². The van der Waals surface area contributed by atoms with Crippen molar-refractivity contribution in [1.82, 2.24) is 19.7 Å². The number of nitrogens with zero attached hydrogens (tertiary/aromatic N) is 5.